The smallest absolute Gasteiger partial charge is 0.328 e. The zero-order valence-electron chi connectivity index (χ0n) is 15.7. The minimum atomic E-state index is -0.796. The molecule has 0 aliphatic rings. The molecule has 0 unspecified atom stereocenters. The van der Waals surface area contributed by atoms with Gasteiger partial charge in [0, 0.05) is 23.9 Å². The molecule has 0 fully saturated rings. The van der Waals surface area contributed by atoms with Crippen LogP contribution in [0.5, 0.6) is 11.5 Å². The van der Waals surface area contributed by atoms with E-state index in [9.17, 15) is 14.4 Å². The minimum absolute atomic E-state index is 0.333. The zero-order chi connectivity index (χ0) is 20.8. The van der Waals surface area contributed by atoms with Crippen molar-refractivity contribution in [2.45, 2.75) is 6.54 Å². The molecule has 2 aromatic carbocycles. The minimum Gasteiger partial charge on any atom is -0.497 e. The fraction of sp³-hybridized carbons (Fsp3) is 0.211. The summed E-state index contributed by atoms with van der Waals surface area (Å²) in [6.45, 7) is -0.995. The summed E-state index contributed by atoms with van der Waals surface area (Å²) < 4.78 is 16.1. The van der Waals surface area contributed by atoms with Gasteiger partial charge in [-0.15, -0.1) is 5.10 Å². The number of hydrogen-bond donors (Lipinski definition) is 1. The second-order valence-electron chi connectivity index (χ2n) is 5.88. The molecule has 3 rings (SSSR count). The molecule has 0 radical (unpaired) electrons. The van der Waals surface area contributed by atoms with E-state index in [1.54, 1.807) is 42.5 Å². The maximum atomic E-state index is 12.3. The molecule has 0 atom stereocenters. The molecule has 0 saturated heterocycles. The third kappa shape index (κ3) is 4.86. The molecule has 1 N–H and O–H groups in total. The van der Waals surface area contributed by atoms with Crippen LogP contribution in [-0.4, -0.2) is 47.7 Å². The van der Waals surface area contributed by atoms with Gasteiger partial charge in [0.1, 0.15) is 23.6 Å². The lowest BCUT2D eigenvalue weighted by atomic mass is 10.2. The first-order valence-corrected chi connectivity index (χ1v) is 8.51. The molecular weight excluding hydrogens is 380 g/mol. The second-order valence-corrected chi connectivity index (χ2v) is 5.88. The van der Waals surface area contributed by atoms with Gasteiger partial charge in [-0.25, -0.2) is 0 Å². The Labute approximate surface area is 165 Å². The molecule has 1 amide bonds. The fourth-order valence-corrected chi connectivity index (χ4v) is 2.52. The van der Waals surface area contributed by atoms with Gasteiger partial charge in [-0.1, -0.05) is 17.3 Å². The maximum Gasteiger partial charge on any atom is 0.328 e. The molecule has 150 valence electrons. The van der Waals surface area contributed by atoms with Crippen molar-refractivity contribution in [3.8, 4) is 11.5 Å². The Bertz CT molecular complexity index is 1090. The monoisotopic (exact) mass is 398 g/mol. The van der Waals surface area contributed by atoms with Gasteiger partial charge >= 0.3 is 5.97 Å². The Morgan fingerprint density at radius 2 is 1.76 bits per heavy atom. The standard InChI is InChI=1S/C19H18N4O6/c1-27-13-7-12(8-14(9-13)28-2)20-17(24)11-29-18(25)10-23-19(26)15-5-3-4-6-16(15)21-22-23/h3-9H,10-11H2,1-2H3,(H,20,24). The predicted octanol–water partition coefficient (Wildman–Crippen LogP) is 0.991. The topological polar surface area (TPSA) is 122 Å². The number of esters is 1. The lowest BCUT2D eigenvalue weighted by molar-refractivity contribution is -0.148. The molecular formula is C19H18N4O6. The second kappa shape index (κ2) is 8.83. The molecule has 10 heteroatoms. The fourth-order valence-electron chi connectivity index (χ4n) is 2.52. The average molecular weight is 398 g/mol. The lowest BCUT2D eigenvalue weighted by Gasteiger charge is -2.10. The van der Waals surface area contributed by atoms with Crippen LogP contribution in [0.15, 0.2) is 47.3 Å². The summed E-state index contributed by atoms with van der Waals surface area (Å²) in [5.74, 6) is -0.377. The van der Waals surface area contributed by atoms with Crippen LogP contribution in [-0.2, 0) is 20.9 Å². The summed E-state index contributed by atoms with van der Waals surface area (Å²) in [6.07, 6.45) is 0. The van der Waals surface area contributed by atoms with Crippen molar-refractivity contribution in [3.63, 3.8) is 0 Å². The van der Waals surface area contributed by atoms with E-state index < -0.39 is 30.6 Å². The maximum absolute atomic E-state index is 12.3. The number of amides is 1. The van der Waals surface area contributed by atoms with E-state index in [1.165, 1.54) is 14.2 Å². The van der Waals surface area contributed by atoms with E-state index in [2.05, 4.69) is 15.6 Å². The van der Waals surface area contributed by atoms with Crippen LogP contribution in [0.25, 0.3) is 10.9 Å². The third-order valence-corrected chi connectivity index (χ3v) is 3.91. The van der Waals surface area contributed by atoms with E-state index in [0.29, 0.717) is 28.1 Å². The van der Waals surface area contributed by atoms with Crippen LogP contribution >= 0.6 is 0 Å². The number of rotatable bonds is 7. The van der Waals surface area contributed by atoms with Crippen LogP contribution < -0.4 is 20.3 Å². The summed E-state index contributed by atoms with van der Waals surface area (Å²) in [4.78, 5) is 36.3. The molecule has 0 aliphatic heterocycles. The molecule has 29 heavy (non-hydrogen) atoms. The summed E-state index contributed by atoms with van der Waals surface area (Å²) in [5.41, 5.74) is 0.370. The predicted molar refractivity (Wildman–Crippen MR) is 103 cm³/mol. The molecule has 10 nitrogen and oxygen atoms in total. The molecule has 1 aromatic heterocycles. The molecule has 0 spiro atoms. The van der Waals surface area contributed by atoms with Crippen LogP contribution in [0.3, 0.4) is 0 Å². The van der Waals surface area contributed by atoms with Crippen molar-refractivity contribution in [1.29, 1.82) is 0 Å². The van der Waals surface area contributed by atoms with E-state index >= 15 is 0 Å². The number of nitrogens with zero attached hydrogens (tertiary/aromatic N) is 3. The average Bonchev–Trinajstić information content (AvgIpc) is 2.74. The summed E-state index contributed by atoms with van der Waals surface area (Å²) in [7, 11) is 2.97. The number of benzene rings is 2. The van der Waals surface area contributed by atoms with E-state index in [4.69, 9.17) is 14.2 Å². The number of fused-ring (bicyclic) bond motifs is 1. The number of carbonyl (C=O) groups excluding carboxylic acids is 2. The number of carbonyl (C=O) groups is 2. The molecule has 0 saturated carbocycles. The number of anilines is 1. The van der Waals surface area contributed by atoms with Crippen molar-refractivity contribution in [2.24, 2.45) is 0 Å². The highest BCUT2D eigenvalue weighted by Gasteiger charge is 2.13. The van der Waals surface area contributed by atoms with E-state index in [-0.39, 0.29) is 0 Å². The van der Waals surface area contributed by atoms with Gasteiger partial charge in [0.25, 0.3) is 11.5 Å². The van der Waals surface area contributed by atoms with Crippen LogP contribution in [0, 0.1) is 0 Å². The Morgan fingerprint density at radius 3 is 2.45 bits per heavy atom. The molecule has 0 aliphatic carbocycles. The summed E-state index contributed by atoms with van der Waals surface area (Å²) >= 11 is 0. The Hall–Kier alpha value is -3.95. The Kier molecular flexibility index (Phi) is 6.03. The van der Waals surface area contributed by atoms with Crippen molar-refractivity contribution in [2.75, 3.05) is 26.1 Å². The van der Waals surface area contributed by atoms with E-state index in [0.717, 1.165) is 4.68 Å². The van der Waals surface area contributed by atoms with Gasteiger partial charge in [-0.05, 0) is 12.1 Å². The quantitative estimate of drug-likeness (QED) is 0.585. The van der Waals surface area contributed by atoms with Crippen LogP contribution in [0.4, 0.5) is 5.69 Å². The molecule has 1 heterocycles. The van der Waals surface area contributed by atoms with Gasteiger partial charge in [-0.2, -0.15) is 4.68 Å². The Balaban J connectivity index is 1.59. The molecule has 3 aromatic rings. The van der Waals surface area contributed by atoms with Gasteiger partial charge in [0.15, 0.2) is 6.61 Å². The van der Waals surface area contributed by atoms with Gasteiger partial charge in [-0.3, -0.25) is 14.4 Å². The first kappa shape index (κ1) is 19.8. The summed E-state index contributed by atoms with van der Waals surface area (Å²) in [6, 6.07) is 11.5. The van der Waals surface area contributed by atoms with Gasteiger partial charge < -0.3 is 19.5 Å². The van der Waals surface area contributed by atoms with Crippen molar-refractivity contribution >= 4 is 28.5 Å². The highest BCUT2D eigenvalue weighted by molar-refractivity contribution is 5.93. The highest BCUT2D eigenvalue weighted by Crippen LogP contribution is 2.25. The largest absolute Gasteiger partial charge is 0.497 e. The van der Waals surface area contributed by atoms with Crippen molar-refractivity contribution in [1.82, 2.24) is 15.0 Å². The number of aromatic nitrogens is 3. The lowest BCUT2D eigenvalue weighted by Crippen LogP contribution is -2.30. The SMILES string of the molecule is COc1cc(NC(=O)COC(=O)Cn2nnc3ccccc3c2=O)cc(OC)c1. The van der Waals surface area contributed by atoms with Crippen LogP contribution in [0.2, 0.25) is 0 Å². The van der Waals surface area contributed by atoms with E-state index in [1.807, 2.05) is 0 Å². The number of nitrogens with one attached hydrogen (secondary N) is 1. The van der Waals surface area contributed by atoms with Crippen molar-refractivity contribution < 1.29 is 23.8 Å². The highest BCUT2D eigenvalue weighted by atomic mass is 16.5. The zero-order valence-corrected chi connectivity index (χ0v) is 15.7. The first-order valence-electron chi connectivity index (χ1n) is 8.51. The number of ether oxygens (including phenoxy) is 3. The normalized spacial score (nSPS) is 10.4. The Morgan fingerprint density at radius 1 is 1.07 bits per heavy atom. The third-order valence-electron chi connectivity index (χ3n) is 3.91. The number of methoxy groups -OCH3 is 2. The first-order chi connectivity index (χ1) is 14.0. The van der Waals surface area contributed by atoms with Crippen molar-refractivity contribution in [3.05, 3.63) is 52.8 Å². The molecule has 0 bridgehead atoms. The number of hydrogen-bond acceptors (Lipinski definition) is 8. The summed E-state index contributed by atoms with van der Waals surface area (Å²) in [5, 5.41) is 10.5. The van der Waals surface area contributed by atoms with Crippen LogP contribution in [0.1, 0.15) is 0 Å². The van der Waals surface area contributed by atoms with Gasteiger partial charge in [0.05, 0.1) is 19.6 Å². The van der Waals surface area contributed by atoms with Gasteiger partial charge in [0.2, 0.25) is 0 Å².